The molecule has 0 aliphatic carbocycles. The lowest BCUT2D eigenvalue weighted by molar-refractivity contribution is -0.141. The van der Waals surface area contributed by atoms with Gasteiger partial charge in [-0.1, -0.05) is 24.4 Å². The van der Waals surface area contributed by atoms with Gasteiger partial charge in [0.2, 0.25) is 0 Å². The van der Waals surface area contributed by atoms with Crippen LogP contribution in [-0.2, 0) is 6.18 Å². The van der Waals surface area contributed by atoms with E-state index < -0.39 is 11.7 Å². The van der Waals surface area contributed by atoms with Crippen LogP contribution in [0.1, 0.15) is 5.56 Å². The fourth-order valence-corrected chi connectivity index (χ4v) is 1.67. The predicted molar refractivity (Wildman–Crippen MR) is 42.7 cm³/mol. The second-order valence-electron chi connectivity index (χ2n) is 1.88. The van der Waals surface area contributed by atoms with Crippen molar-refractivity contribution in [3.8, 4) is 0 Å². The Morgan fingerprint density at radius 1 is 1.09 bits per heavy atom. The lowest BCUT2D eigenvalue weighted by Gasteiger charge is -2.12. The van der Waals surface area contributed by atoms with Crippen molar-refractivity contribution in [2.24, 2.45) is 0 Å². The summed E-state index contributed by atoms with van der Waals surface area (Å²) in [6, 6.07) is 0. The largest absolute Gasteiger partial charge is 0.418 e. The van der Waals surface area contributed by atoms with Gasteiger partial charge in [-0.3, -0.25) is 0 Å². The van der Waals surface area contributed by atoms with Crippen LogP contribution in [0.2, 0.25) is 0 Å². The van der Waals surface area contributed by atoms with Gasteiger partial charge in [0.1, 0.15) is 0 Å². The summed E-state index contributed by atoms with van der Waals surface area (Å²) in [5.41, 5.74) is -0.860. The summed E-state index contributed by atoms with van der Waals surface area (Å²) < 4.78 is 35.5. The molecule has 0 amide bonds. The van der Waals surface area contributed by atoms with E-state index in [1.807, 2.05) is 0 Å². The van der Waals surface area contributed by atoms with Crippen molar-refractivity contribution in [1.82, 2.24) is 0 Å². The highest BCUT2D eigenvalue weighted by atomic mass is 32.1. The van der Waals surface area contributed by atoms with E-state index in [4.69, 9.17) is 0 Å². The van der Waals surface area contributed by atoms with Crippen LogP contribution in [0.5, 0.6) is 0 Å². The first-order chi connectivity index (χ1) is 4.85. The lowest BCUT2D eigenvalue weighted by atomic mass is 10.1. The van der Waals surface area contributed by atoms with Crippen molar-refractivity contribution in [3.05, 3.63) is 14.6 Å². The third kappa shape index (κ3) is 1.34. The molecule has 0 aliphatic heterocycles. The Morgan fingerprint density at radius 2 is 1.55 bits per heavy atom. The van der Waals surface area contributed by atoms with Gasteiger partial charge < -0.3 is 0 Å². The van der Waals surface area contributed by atoms with Gasteiger partial charge in [-0.05, 0) is 0 Å². The summed E-state index contributed by atoms with van der Waals surface area (Å²) in [4.78, 5) is -0.211. The Kier molecular flexibility index (Phi) is 2.11. The highest BCUT2D eigenvalue weighted by molar-refractivity contribution is 7.81. The molecule has 1 rings (SSSR count). The highest BCUT2D eigenvalue weighted by Crippen LogP contribution is 2.39. The van der Waals surface area contributed by atoms with E-state index in [0.29, 0.717) is 0 Å². The second-order valence-corrected chi connectivity index (χ2v) is 3.14. The molecule has 0 spiro atoms. The van der Waals surface area contributed by atoms with E-state index >= 15 is 0 Å². The zero-order valence-electron chi connectivity index (χ0n) is 4.90. The molecule has 0 bridgehead atoms. The Labute approximate surface area is 76.1 Å². The number of rotatable bonds is 0. The van der Waals surface area contributed by atoms with Crippen LogP contribution in [0.4, 0.5) is 13.2 Å². The van der Waals surface area contributed by atoms with Crippen LogP contribution >= 0.6 is 37.1 Å². The van der Waals surface area contributed by atoms with E-state index in [2.05, 4.69) is 37.1 Å². The molecule has 0 saturated carbocycles. The third-order valence-corrected chi connectivity index (χ3v) is 2.71. The molecule has 60 valence electrons. The summed E-state index contributed by atoms with van der Waals surface area (Å²) in [5, 5.41) is 0. The Bertz CT molecular complexity index is 355. The molecule has 0 heterocycles. The van der Waals surface area contributed by atoms with Crippen molar-refractivity contribution in [3.63, 3.8) is 0 Å². The fraction of sp³-hybridized carbons (Fsp3) is 0.200. The van der Waals surface area contributed by atoms with Crippen molar-refractivity contribution >= 4 is 37.1 Å². The molecular weight excluding hydrogens is 213 g/mol. The molecule has 1 aromatic rings. The maximum Gasteiger partial charge on any atom is 0.418 e. The van der Waals surface area contributed by atoms with Gasteiger partial charge in [-0.15, -0.1) is 12.6 Å². The van der Waals surface area contributed by atoms with Crippen LogP contribution in [0.25, 0.3) is 0 Å². The zero-order chi connectivity index (χ0) is 8.81. The molecule has 0 aromatic heterocycles. The number of hydrogen-bond donors (Lipinski definition) is 1. The van der Waals surface area contributed by atoms with E-state index in [1.165, 1.54) is 0 Å². The first kappa shape index (κ1) is 9.15. The van der Waals surface area contributed by atoms with Crippen LogP contribution in [0, 0.1) is 9.02 Å². The number of thiol groups is 1. The molecule has 0 radical (unpaired) electrons. The number of hydrogen-bond acceptors (Lipinski definition) is 3. The summed E-state index contributed by atoms with van der Waals surface area (Å²) in [6.45, 7) is 0. The van der Waals surface area contributed by atoms with Gasteiger partial charge in [0.15, 0.2) is 0 Å². The SMILES string of the molecule is FC(F)(F)c1c(S)c(=S)c1=S. The van der Waals surface area contributed by atoms with Gasteiger partial charge in [-0.25, -0.2) is 0 Å². The molecular formula is C5HF3S3. The third-order valence-electron chi connectivity index (χ3n) is 1.17. The highest BCUT2D eigenvalue weighted by Gasteiger charge is 2.37. The first-order valence-electron chi connectivity index (χ1n) is 2.45. The Balaban J connectivity index is 3.31. The molecule has 0 saturated heterocycles. The summed E-state index contributed by atoms with van der Waals surface area (Å²) in [6.07, 6.45) is -4.41. The molecule has 0 nitrogen and oxygen atoms in total. The van der Waals surface area contributed by atoms with E-state index in [9.17, 15) is 13.2 Å². The molecule has 6 heteroatoms. The van der Waals surface area contributed by atoms with Gasteiger partial charge in [0.05, 0.1) is 14.6 Å². The standard InChI is InChI=1S/C5HF3S3/c6-5(7,8)1-2(9)4(11)3(1)10/h9H. The first-order valence-corrected chi connectivity index (χ1v) is 3.71. The molecule has 0 fully saturated rings. The summed E-state index contributed by atoms with van der Waals surface area (Å²) in [5.74, 6) is 0. The van der Waals surface area contributed by atoms with Crippen LogP contribution in [-0.4, -0.2) is 0 Å². The average molecular weight is 214 g/mol. The Morgan fingerprint density at radius 3 is 1.73 bits per heavy atom. The predicted octanol–water partition coefficient (Wildman–Crippen LogP) is 3.33. The maximum absolute atomic E-state index is 11.9. The molecule has 0 atom stereocenters. The minimum Gasteiger partial charge on any atom is -0.166 e. The van der Waals surface area contributed by atoms with Gasteiger partial charge >= 0.3 is 6.18 Å². The molecule has 0 unspecified atom stereocenters. The summed E-state index contributed by atoms with van der Waals surface area (Å²) >= 11 is 12.4. The van der Waals surface area contributed by atoms with Crippen LogP contribution < -0.4 is 0 Å². The molecule has 1 aromatic carbocycles. The monoisotopic (exact) mass is 214 g/mol. The topological polar surface area (TPSA) is 0 Å². The Hall–Kier alpha value is 0.0600. The molecule has 0 N–H and O–H groups in total. The normalized spacial score (nSPS) is 12.4. The van der Waals surface area contributed by atoms with Crippen LogP contribution in [0.15, 0.2) is 4.90 Å². The van der Waals surface area contributed by atoms with E-state index in [0.717, 1.165) is 0 Å². The minimum atomic E-state index is -4.41. The van der Waals surface area contributed by atoms with Gasteiger partial charge in [0, 0.05) is 4.90 Å². The smallest absolute Gasteiger partial charge is 0.166 e. The van der Waals surface area contributed by atoms with Crippen molar-refractivity contribution < 1.29 is 13.2 Å². The van der Waals surface area contributed by atoms with Crippen molar-refractivity contribution in [2.75, 3.05) is 0 Å². The number of alkyl halides is 3. The maximum atomic E-state index is 11.9. The zero-order valence-corrected chi connectivity index (χ0v) is 7.43. The quantitative estimate of drug-likeness (QED) is 0.519. The van der Waals surface area contributed by atoms with E-state index in [1.54, 1.807) is 0 Å². The number of halogens is 3. The fourth-order valence-electron chi connectivity index (χ4n) is 0.643. The second kappa shape index (κ2) is 2.53. The average Bonchev–Trinajstić information content (AvgIpc) is 1.85. The van der Waals surface area contributed by atoms with Crippen molar-refractivity contribution in [2.45, 2.75) is 11.1 Å². The summed E-state index contributed by atoms with van der Waals surface area (Å²) in [7, 11) is 0. The van der Waals surface area contributed by atoms with Gasteiger partial charge in [-0.2, -0.15) is 13.2 Å². The van der Waals surface area contributed by atoms with Crippen LogP contribution in [0.3, 0.4) is 0 Å². The lowest BCUT2D eigenvalue weighted by Crippen LogP contribution is -2.10. The van der Waals surface area contributed by atoms with Crippen molar-refractivity contribution in [1.29, 1.82) is 0 Å². The minimum absolute atomic E-state index is 0.0376. The molecule has 0 aliphatic rings. The van der Waals surface area contributed by atoms with Gasteiger partial charge in [0.25, 0.3) is 0 Å². The van der Waals surface area contributed by atoms with E-state index in [-0.39, 0.29) is 13.9 Å². The molecule has 11 heavy (non-hydrogen) atoms.